The van der Waals surface area contributed by atoms with Crippen LogP contribution in [-0.4, -0.2) is 26.7 Å². The normalized spacial score (nSPS) is 10.8. The topological polar surface area (TPSA) is 56.8 Å². The number of hydrogen-bond acceptors (Lipinski definition) is 4. The monoisotopic (exact) mass is 389 g/mol. The van der Waals surface area contributed by atoms with Crippen LogP contribution in [0.3, 0.4) is 0 Å². The highest BCUT2D eigenvalue weighted by Gasteiger charge is 2.10. The van der Waals surface area contributed by atoms with Crippen molar-refractivity contribution in [2.45, 2.75) is 20.1 Å². The Balaban J connectivity index is 2.00. The molecule has 5 nitrogen and oxygen atoms in total. The molecule has 1 amide bonds. The maximum Gasteiger partial charge on any atom is 0.244 e. The van der Waals surface area contributed by atoms with Crippen molar-refractivity contribution in [3.05, 3.63) is 64.2 Å². The van der Waals surface area contributed by atoms with Crippen LogP contribution in [0.5, 0.6) is 11.5 Å². The van der Waals surface area contributed by atoms with E-state index in [0.29, 0.717) is 36.3 Å². The van der Waals surface area contributed by atoms with Crippen molar-refractivity contribution in [3.8, 4) is 11.5 Å². The minimum Gasteiger partial charge on any atom is -0.493 e. The minimum atomic E-state index is -0.198. The van der Waals surface area contributed by atoms with Gasteiger partial charge in [0.2, 0.25) is 5.91 Å². The van der Waals surface area contributed by atoms with Crippen LogP contribution in [0.2, 0.25) is 5.02 Å². The number of rotatable bonds is 9. The maximum atomic E-state index is 12.1. The first kappa shape index (κ1) is 20.8. The quantitative estimate of drug-likeness (QED) is 0.652. The van der Waals surface area contributed by atoms with Crippen LogP contribution in [0.25, 0.3) is 6.08 Å². The summed E-state index contributed by atoms with van der Waals surface area (Å²) in [6.07, 6.45) is 3.14. The zero-order valence-corrected chi connectivity index (χ0v) is 16.5. The fourth-order valence-electron chi connectivity index (χ4n) is 2.54. The van der Waals surface area contributed by atoms with Crippen LogP contribution in [-0.2, 0) is 22.7 Å². The van der Waals surface area contributed by atoms with E-state index in [4.69, 9.17) is 25.8 Å². The Kier molecular flexibility index (Phi) is 8.17. The predicted molar refractivity (Wildman–Crippen MR) is 107 cm³/mol. The number of ether oxygens (including phenoxy) is 3. The summed E-state index contributed by atoms with van der Waals surface area (Å²) in [5.74, 6) is 0.828. The standard InChI is InChI=1S/C21H24ClNO4/c1-4-27-21-18(22)11-15(12-19(21)26-3)8-9-20(24)23-13-16-6-5-7-17(10-16)14-25-2/h5-12H,4,13-14H2,1-3H3,(H,23,24)/b9-8+. The molecule has 0 radical (unpaired) electrons. The fraction of sp³-hybridized carbons (Fsp3) is 0.286. The summed E-state index contributed by atoms with van der Waals surface area (Å²) in [5, 5.41) is 3.29. The lowest BCUT2D eigenvalue weighted by Gasteiger charge is -2.11. The highest BCUT2D eigenvalue weighted by molar-refractivity contribution is 6.32. The van der Waals surface area contributed by atoms with Crippen LogP contribution in [0.1, 0.15) is 23.6 Å². The molecule has 144 valence electrons. The third-order valence-electron chi connectivity index (χ3n) is 3.74. The van der Waals surface area contributed by atoms with Crippen LogP contribution in [0.4, 0.5) is 0 Å². The molecular formula is C21H24ClNO4. The third kappa shape index (κ3) is 6.31. The lowest BCUT2D eigenvalue weighted by molar-refractivity contribution is -0.116. The molecule has 0 unspecified atom stereocenters. The highest BCUT2D eigenvalue weighted by Crippen LogP contribution is 2.36. The molecule has 1 N–H and O–H groups in total. The van der Waals surface area contributed by atoms with E-state index in [0.717, 1.165) is 16.7 Å². The Morgan fingerprint density at radius 3 is 2.67 bits per heavy atom. The number of hydrogen-bond donors (Lipinski definition) is 1. The van der Waals surface area contributed by atoms with Crippen molar-refractivity contribution in [3.63, 3.8) is 0 Å². The Bertz CT molecular complexity index is 805. The van der Waals surface area contributed by atoms with E-state index in [9.17, 15) is 4.79 Å². The largest absolute Gasteiger partial charge is 0.493 e. The first-order valence-electron chi connectivity index (χ1n) is 8.60. The van der Waals surface area contributed by atoms with E-state index in [1.807, 2.05) is 31.2 Å². The second-order valence-electron chi connectivity index (χ2n) is 5.77. The first-order chi connectivity index (χ1) is 13.1. The molecule has 0 aliphatic rings. The van der Waals surface area contributed by atoms with Crippen LogP contribution in [0.15, 0.2) is 42.5 Å². The molecule has 0 heterocycles. The Labute approximate surface area is 164 Å². The molecule has 0 bridgehead atoms. The second kappa shape index (κ2) is 10.6. The summed E-state index contributed by atoms with van der Waals surface area (Å²) in [6, 6.07) is 11.4. The summed E-state index contributed by atoms with van der Waals surface area (Å²) < 4.78 is 15.9. The van der Waals surface area contributed by atoms with Gasteiger partial charge in [0.15, 0.2) is 11.5 Å². The molecule has 27 heavy (non-hydrogen) atoms. The molecule has 0 spiro atoms. The minimum absolute atomic E-state index is 0.198. The van der Waals surface area contributed by atoms with Crippen LogP contribution in [0, 0.1) is 0 Å². The first-order valence-corrected chi connectivity index (χ1v) is 8.98. The van der Waals surface area contributed by atoms with Gasteiger partial charge in [-0.1, -0.05) is 35.9 Å². The SMILES string of the molecule is CCOc1c(Cl)cc(/C=C/C(=O)NCc2cccc(COC)c2)cc1OC. The number of nitrogens with one attached hydrogen (secondary N) is 1. The van der Waals surface area contributed by atoms with Gasteiger partial charge in [0.05, 0.1) is 25.3 Å². The third-order valence-corrected chi connectivity index (χ3v) is 4.02. The van der Waals surface area contributed by atoms with E-state index < -0.39 is 0 Å². The van der Waals surface area contributed by atoms with Gasteiger partial charge in [-0.15, -0.1) is 0 Å². The van der Waals surface area contributed by atoms with Crippen LogP contribution >= 0.6 is 11.6 Å². The fourth-order valence-corrected chi connectivity index (χ4v) is 2.81. The van der Waals surface area contributed by atoms with Crippen LogP contribution < -0.4 is 14.8 Å². The summed E-state index contributed by atoms with van der Waals surface area (Å²) in [7, 11) is 3.20. The predicted octanol–water partition coefficient (Wildman–Crippen LogP) is 4.22. The van der Waals surface area contributed by atoms with Gasteiger partial charge >= 0.3 is 0 Å². The number of carbonyl (C=O) groups is 1. The van der Waals surface area contributed by atoms with E-state index in [2.05, 4.69) is 5.32 Å². The van der Waals surface area contributed by atoms with E-state index in [-0.39, 0.29) is 5.91 Å². The molecule has 0 saturated carbocycles. The Morgan fingerprint density at radius 1 is 1.19 bits per heavy atom. The lowest BCUT2D eigenvalue weighted by atomic mass is 10.1. The summed E-state index contributed by atoms with van der Waals surface area (Å²) in [6.45, 7) is 3.34. The summed E-state index contributed by atoms with van der Waals surface area (Å²) >= 11 is 6.24. The Hall–Kier alpha value is -2.50. The zero-order chi connectivity index (χ0) is 19.6. The van der Waals surface area contributed by atoms with Gasteiger partial charge in [0.1, 0.15) is 0 Å². The zero-order valence-electron chi connectivity index (χ0n) is 15.8. The van der Waals surface area contributed by atoms with Crippen molar-refractivity contribution in [1.82, 2.24) is 5.32 Å². The van der Waals surface area contributed by atoms with E-state index in [1.54, 1.807) is 32.4 Å². The van der Waals surface area contributed by atoms with E-state index in [1.165, 1.54) is 6.08 Å². The maximum absolute atomic E-state index is 12.1. The molecular weight excluding hydrogens is 366 g/mol. The molecule has 0 atom stereocenters. The van der Waals surface area contributed by atoms with E-state index >= 15 is 0 Å². The van der Waals surface area contributed by atoms with Gasteiger partial charge in [-0.2, -0.15) is 0 Å². The van der Waals surface area contributed by atoms with Gasteiger partial charge in [-0.3, -0.25) is 4.79 Å². The summed E-state index contributed by atoms with van der Waals surface area (Å²) in [4.78, 5) is 12.1. The molecule has 0 fully saturated rings. The Morgan fingerprint density at radius 2 is 1.96 bits per heavy atom. The average Bonchev–Trinajstić information content (AvgIpc) is 2.67. The van der Waals surface area contributed by atoms with Gasteiger partial charge in [-0.25, -0.2) is 0 Å². The number of amides is 1. The average molecular weight is 390 g/mol. The molecule has 6 heteroatoms. The van der Waals surface area contributed by atoms with Crippen molar-refractivity contribution in [1.29, 1.82) is 0 Å². The number of benzene rings is 2. The molecule has 0 aliphatic heterocycles. The molecule has 2 aromatic carbocycles. The van der Waals surface area contributed by atoms with Gasteiger partial charge in [0, 0.05) is 19.7 Å². The van der Waals surface area contributed by atoms with Crippen molar-refractivity contribution in [2.75, 3.05) is 20.8 Å². The van der Waals surface area contributed by atoms with Crippen molar-refractivity contribution < 1.29 is 19.0 Å². The van der Waals surface area contributed by atoms with Gasteiger partial charge in [0.25, 0.3) is 0 Å². The van der Waals surface area contributed by atoms with Crippen molar-refractivity contribution >= 4 is 23.6 Å². The number of methoxy groups -OCH3 is 2. The molecule has 0 aliphatic carbocycles. The molecule has 2 aromatic rings. The number of carbonyl (C=O) groups excluding carboxylic acids is 1. The lowest BCUT2D eigenvalue weighted by Crippen LogP contribution is -2.20. The molecule has 0 saturated heterocycles. The van der Waals surface area contributed by atoms with Gasteiger partial charge < -0.3 is 19.5 Å². The molecule has 0 aromatic heterocycles. The smallest absolute Gasteiger partial charge is 0.244 e. The highest BCUT2D eigenvalue weighted by atomic mass is 35.5. The number of halogens is 1. The van der Waals surface area contributed by atoms with Gasteiger partial charge in [-0.05, 0) is 41.8 Å². The van der Waals surface area contributed by atoms with Crippen molar-refractivity contribution in [2.24, 2.45) is 0 Å². The summed E-state index contributed by atoms with van der Waals surface area (Å²) in [5.41, 5.74) is 2.82. The molecule has 2 rings (SSSR count). The second-order valence-corrected chi connectivity index (χ2v) is 6.18.